The fourth-order valence-electron chi connectivity index (χ4n) is 3.89. The number of carbonyl (C=O) groups excluding carboxylic acids is 3. The molecule has 2 aromatic carbocycles. The Hall–Kier alpha value is -3.27. The third kappa shape index (κ3) is 5.44. The van der Waals surface area contributed by atoms with E-state index in [1.165, 1.54) is 17.8 Å². The lowest BCUT2D eigenvalue weighted by Crippen LogP contribution is -2.50. The van der Waals surface area contributed by atoms with Crippen molar-refractivity contribution >= 4 is 41.0 Å². The van der Waals surface area contributed by atoms with Crippen LogP contribution in [0.3, 0.4) is 0 Å². The smallest absolute Gasteiger partial charge is 0.409 e. The number of benzene rings is 2. The van der Waals surface area contributed by atoms with E-state index in [0.717, 1.165) is 5.69 Å². The second-order valence-electron chi connectivity index (χ2n) is 8.03. The zero-order valence-corrected chi connectivity index (χ0v) is 19.7. The van der Waals surface area contributed by atoms with Crippen molar-refractivity contribution in [3.8, 4) is 0 Å². The molecule has 2 aliphatic rings. The zero-order valence-electron chi connectivity index (χ0n) is 18.9. The minimum atomic E-state index is -0.457. The first-order valence-corrected chi connectivity index (χ1v) is 12.3. The Labute approximate surface area is 201 Å². The fraction of sp³-hybridized carbons (Fsp3) is 0.375. The molecule has 34 heavy (non-hydrogen) atoms. The summed E-state index contributed by atoms with van der Waals surface area (Å²) in [7, 11) is 0. The number of nitrogens with one attached hydrogen (secondary N) is 2. The molecule has 0 saturated carbocycles. The molecule has 0 radical (unpaired) electrons. The fourth-order valence-corrected chi connectivity index (χ4v) is 4.93. The first-order valence-electron chi connectivity index (χ1n) is 11.2. The van der Waals surface area contributed by atoms with Gasteiger partial charge in [0.25, 0.3) is 5.91 Å². The summed E-state index contributed by atoms with van der Waals surface area (Å²) in [4.78, 5) is 40.7. The number of amides is 3. The number of rotatable bonds is 6. The Morgan fingerprint density at radius 3 is 2.56 bits per heavy atom. The number of piperazine rings is 1. The molecule has 0 aromatic heterocycles. The van der Waals surface area contributed by atoms with Gasteiger partial charge in [0.2, 0.25) is 5.91 Å². The second-order valence-corrected chi connectivity index (χ2v) is 9.06. The van der Waals surface area contributed by atoms with Gasteiger partial charge < -0.3 is 25.2 Å². The first kappa shape index (κ1) is 23.9. The largest absolute Gasteiger partial charge is 0.450 e. The number of nitrogens with zero attached hydrogens (tertiary/aromatic N) is 2. The monoisotopic (exact) mass is 486 g/mol. The number of thioether (sulfide) groups is 1. The van der Waals surface area contributed by atoms with Gasteiger partial charge in [-0.25, -0.2) is 9.18 Å². The van der Waals surface area contributed by atoms with E-state index in [2.05, 4.69) is 10.6 Å². The van der Waals surface area contributed by atoms with Crippen molar-refractivity contribution in [1.29, 1.82) is 0 Å². The van der Waals surface area contributed by atoms with Crippen LogP contribution in [-0.2, 0) is 15.3 Å². The number of ether oxygens (including phenoxy) is 1. The molecule has 1 unspecified atom stereocenters. The highest BCUT2D eigenvalue weighted by molar-refractivity contribution is 7.98. The lowest BCUT2D eigenvalue weighted by molar-refractivity contribution is -0.116. The van der Waals surface area contributed by atoms with Crippen molar-refractivity contribution < 1.29 is 23.5 Å². The summed E-state index contributed by atoms with van der Waals surface area (Å²) in [5, 5.41) is 6.09. The molecule has 10 heteroatoms. The molecule has 0 spiro atoms. The highest BCUT2D eigenvalue weighted by Gasteiger charge is 2.28. The number of halogens is 1. The van der Waals surface area contributed by atoms with Gasteiger partial charge >= 0.3 is 6.09 Å². The maximum absolute atomic E-state index is 13.8. The summed E-state index contributed by atoms with van der Waals surface area (Å²) < 4.78 is 18.8. The Morgan fingerprint density at radius 1 is 1.09 bits per heavy atom. The molecule has 2 heterocycles. The van der Waals surface area contributed by atoms with E-state index in [-0.39, 0.29) is 23.7 Å². The van der Waals surface area contributed by atoms with Crippen molar-refractivity contribution in [2.45, 2.75) is 18.7 Å². The summed E-state index contributed by atoms with van der Waals surface area (Å²) in [6.45, 7) is 3.74. The van der Waals surface area contributed by atoms with Gasteiger partial charge in [-0.05, 0) is 36.8 Å². The zero-order chi connectivity index (χ0) is 24.1. The van der Waals surface area contributed by atoms with Crippen molar-refractivity contribution in [3.63, 3.8) is 0 Å². The lowest BCUT2D eigenvalue weighted by atomic mass is 10.1. The molecule has 2 aliphatic heterocycles. The van der Waals surface area contributed by atoms with Gasteiger partial charge in [0.1, 0.15) is 11.9 Å². The second kappa shape index (κ2) is 10.8. The molecule has 0 bridgehead atoms. The van der Waals surface area contributed by atoms with Gasteiger partial charge in [0.05, 0.1) is 18.0 Å². The van der Waals surface area contributed by atoms with E-state index in [1.807, 2.05) is 0 Å². The molecule has 0 aliphatic carbocycles. The topological polar surface area (TPSA) is 91.0 Å². The normalized spacial score (nSPS) is 17.5. The quantitative estimate of drug-likeness (QED) is 0.651. The molecule has 1 saturated heterocycles. The number of hydrogen-bond acceptors (Lipinski definition) is 6. The molecule has 8 nitrogen and oxygen atoms in total. The van der Waals surface area contributed by atoms with Crippen LogP contribution < -0.4 is 10.6 Å². The molecular weight excluding hydrogens is 459 g/mol. The van der Waals surface area contributed by atoms with Crippen molar-refractivity contribution in [1.82, 2.24) is 9.80 Å². The van der Waals surface area contributed by atoms with E-state index >= 15 is 0 Å². The van der Waals surface area contributed by atoms with Crippen LogP contribution in [0.2, 0.25) is 0 Å². The van der Waals surface area contributed by atoms with Gasteiger partial charge in [0, 0.05) is 43.2 Å². The third-order valence-electron chi connectivity index (χ3n) is 5.76. The third-order valence-corrected chi connectivity index (χ3v) is 6.85. The van der Waals surface area contributed by atoms with E-state index < -0.39 is 6.04 Å². The molecule has 2 N–H and O–H groups in total. The Morgan fingerprint density at radius 2 is 1.82 bits per heavy atom. The van der Waals surface area contributed by atoms with Gasteiger partial charge in [-0.1, -0.05) is 18.2 Å². The number of fused-ring (bicyclic) bond motifs is 1. The predicted molar refractivity (Wildman–Crippen MR) is 130 cm³/mol. The highest BCUT2D eigenvalue weighted by atomic mass is 32.2. The number of hydrogen-bond donors (Lipinski definition) is 2. The minimum absolute atomic E-state index is 0.150. The van der Waals surface area contributed by atoms with E-state index in [9.17, 15) is 18.8 Å². The molecule has 3 amide bonds. The summed E-state index contributed by atoms with van der Waals surface area (Å²) >= 11 is 1.48. The van der Waals surface area contributed by atoms with Crippen LogP contribution in [0, 0.1) is 5.82 Å². The molecule has 180 valence electrons. The minimum Gasteiger partial charge on any atom is -0.450 e. The van der Waals surface area contributed by atoms with Crippen LogP contribution in [0.15, 0.2) is 42.5 Å². The van der Waals surface area contributed by atoms with Gasteiger partial charge in [-0.2, -0.15) is 11.8 Å². The highest BCUT2D eigenvalue weighted by Crippen LogP contribution is 2.30. The summed E-state index contributed by atoms with van der Waals surface area (Å²) in [6, 6.07) is 11.3. The van der Waals surface area contributed by atoms with Crippen molar-refractivity contribution in [2.24, 2.45) is 0 Å². The van der Waals surface area contributed by atoms with Crippen LogP contribution in [0.5, 0.6) is 0 Å². The number of anilines is 2. The summed E-state index contributed by atoms with van der Waals surface area (Å²) in [6.07, 6.45) is -0.362. The SMILES string of the molecule is CCOC(=O)N1CCN(C(=O)c2ccc3c(c2)NC(=O)C(CSCc2ccccc2F)N3)CC1. The molecule has 1 atom stereocenters. The van der Waals surface area contributed by atoms with E-state index in [1.54, 1.807) is 53.1 Å². The predicted octanol–water partition coefficient (Wildman–Crippen LogP) is 3.41. The number of carbonyl (C=O) groups is 3. The first-order chi connectivity index (χ1) is 16.5. The standard InChI is InChI=1S/C24H27FN4O4S/c1-2-33-24(32)29-11-9-28(10-12-29)23(31)16-7-8-19-20(13-16)27-22(30)21(26-19)15-34-14-17-5-3-4-6-18(17)25/h3-8,13,21,26H,2,9-12,14-15H2,1H3,(H,27,30). The Balaban J connectivity index is 1.33. The van der Waals surface area contributed by atoms with Crippen LogP contribution in [0.4, 0.5) is 20.6 Å². The average molecular weight is 487 g/mol. The van der Waals surface area contributed by atoms with Gasteiger partial charge in [-0.15, -0.1) is 0 Å². The molecular formula is C24H27FN4O4S. The molecule has 1 fully saturated rings. The Kier molecular flexibility index (Phi) is 7.56. The van der Waals surface area contributed by atoms with Crippen molar-refractivity contribution in [2.75, 3.05) is 49.2 Å². The van der Waals surface area contributed by atoms with Crippen LogP contribution in [0.1, 0.15) is 22.8 Å². The molecule has 2 aromatic rings. The van der Waals surface area contributed by atoms with Crippen LogP contribution in [0.25, 0.3) is 0 Å². The van der Waals surface area contributed by atoms with E-state index in [4.69, 9.17) is 4.74 Å². The summed E-state index contributed by atoms with van der Waals surface area (Å²) in [5.41, 5.74) is 2.37. The average Bonchev–Trinajstić information content (AvgIpc) is 2.85. The molecule has 4 rings (SSSR count). The van der Waals surface area contributed by atoms with E-state index in [0.29, 0.717) is 61.1 Å². The van der Waals surface area contributed by atoms with Crippen LogP contribution in [-0.4, -0.2) is 72.3 Å². The van der Waals surface area contributed by atoms with Crippen LogP contribution >= 0.6 is 11.8 Å². The maximum Gasteiger partial charge on any atom is 0.409 e. The van der Waals surface area contributed by atoms with Gasteiger partial charge in [-0.3, -0.25) is 9.59 Å². The maximum atomic E-state index is 13.8. The summed E-state index contributed by atoms with van der Waals surface area (Å²) in [5.74, 6) is 0.359. The van der Waals surface area contributed by atoms with Gasteiger partial charge in [0.15, 0.2) is 0 Å². The Bertz CT molecular complexity index is 1070. The van der Waals surface area contributed by atoms with Crippen molar-refractivity contribution in [3.05, 3.63) is 59.4 Å². The lowest BCUT2D eigenvalue weighted by Gasteiger charge is -2.34.